The third kappa shape index (κ3) is 6.93. The first kappa shape index (κ1) is 26.0. The molecule has 0 aliphatic carbocycles. The highest BCUT2D eigenvalue weighted by atomic mass is 16.6. The van der Waals surface area contributed by atoms with Crippen molar-refractivity contribution in [3.63, 3.8) is 0 Å². The molecule has 3 rings (SSSR count). The van der Waals surface area contributed by atoms with Gasteiger partial charge in [0.05, 0.1) is 24.4 Å². The van der Waals surface area contributed by atoms with E-state index in [1.165, 1.54) is 0 Å². The quantitative estimate of drug-likeness (QED) is 0.574. The summed E-state index contributed by atoms with van der Waals surface area (Å²) in [5.41, 5.74) is 1.03. The van der Waals surface area contributed by atoms with Crippen LogP contribution in [0.2, 0.25) is 0 Å². The van der Waals surface area contributed by atoms with Gasteiger partial charge in [-0.3, -0.25) is 9.59 Å². The summed E-state index contributed by atoms with van der Waals surface area (Å²) in [5, 5.41) is 13.7. The van der Waals surface area contributed by atoms with Gasteiger partial charge in [0.25, 0.3) is 5.91 Å². The fourth-order valence-electron chi connectivity index (χ4n) is 3.85. The minimum absolute atomic E-state index is 0.148. The maximum Gasteiger partial charge on any atom is 0.407 e. The molecule has 0 spiro atoms. The average Bonchev–Trinajstić information content (AvgIpc) is 3.21. The highest BCUT2D eigenvalue weighted by Crippen LogP contribution is 2.22. The van der Waals surface area contributed by atoms with E-state index in [9.17, 15) is 14.4 Å². The second kappa shape index (κ2) is 11.2. The third-order valence-electron chi connectivity index (χ3n) is 5.57. The molecule has 1 aromatic carbocycles. The molecule has 0 saturated carbocycles. The van der Waals surface area contributed by atoms with Crippen molar-refractivity contribution in [2.75, 3.05) is 33.3 Å². The number of piperidine rings is 1. The zero-order valence-electron chi connectivity index (χ0n) is 21.0. The number of hydrogen-bond donors (Lipinski definition) is 2. The molecule has 190 valence electrons. The maximum absolute atomic E-state index is 13.2. The normalized spacial score (nSPS) is 15.9. The Bertz CT molecular complexity index is 1060. The number of rotatable bonds is 7. The fourth-order valence-corrected chi connectivity index (χ4v) is 3.85. The van der Waals surface area contributed by atoms with Gasteiger partial charge < -0.3 is 25.0 Å². The molecule has 1 aliphatic heterocycles. The Morgan fingerprint density at radius 3 is 2.63 bits per heavy atom. The summed E-state index contributed by atoms with van der Waals surface area (Å²) in [4.78, 5) is 39.2. The van der Waals surface area contributed by atoms with Crippen LogP contribution < -0.4 is 15.4 Å². The van der Waals surface area contributed by atoms with Crippen molar-refractivity contribution in [1.29, 1.82) is 0 Å². The summed E-state index contributed by atoms with van der Waals surface area (Å²) in [6.45, 7) is 8.52. The smallest absolute Gasteiger partial charge is 0.407 e. The van der Waals surface area contributed by atoms with E-state index in [4.69, 9.17) is 9.47 Å². The summed E-state index contributed by atoms with van der Waals surface area (Å²) in [5.74, 6) is -0.0506. The molecule has 1 unspecified atom stereocenters. The van der Waals surface area contributed by atoms with Crippen molar-refractivity contribution < 1.29 is 23.9 Å². The van der Waals surface area contributed by atoms with Crippen LogP contribution in [-0.4, -0.2) is 76.7 Å². The molecule has 0 radical (unpaired) electrons. The van der Waals surface area contributed by atoms with Crippen LogP contribution >= 0.6 is 0 Å². The number of amides is 3. The molecule has 1 fully saturated rings. The summed E-state index contributed by atoms with van der Waals surface area (Å²) in [7, 11) is 1.59. The number of nitrogens with one attached hydrogen (secondary N) is 2. The molecule has 0 bridgehead atoms. The number of hydrogen-bond acceptors (Lipinski definition) is 7. The van der Waals surface area contributed by atoms with Crippen LogP contribution in [0.3, 0.4) is 0 Å². The molecule has 1 aliphatic rings. The highest BCUT2D eigenvalue weighted by molar-refractivity contribution is 5.94. The van der Waals surface area contributed by atoms with Crippen molar-refractivity contribution in [3.05, 3.63) is 35.7 Å². The van der Waals surface area contributed by atoms with Gasteiger partial charge in [-0.05, 0) is 52.7 Å². The van der Waals surface area contributed by atoms with Crippen LogP contribution in [0.4, 0.5) is 4.79 Å². The first-order valence-electron chi connectivity index (χ1n) is 11.7. The lowest BCUT2D eigenvalue weighted by atomic mass is 9.96. The Balaban J connectivity index is 1.55. The van der Waals surface area contributed by atoms with E-state index in [1.54, 1.807) is 44.4 Å². The van der Waals surface area contributed by atoms with Crippen LogP contribution in [0.15, 0.2) is 24.3 Å². The van der Waals surface area contributed by atoms with Crippen molar-refractivity contribution >= 4 is 17.9 Å². The predicted molar refractivity (Wildman–Crippen MR) is 129 cm³/mol. The number of benzene rings is 1. The monoisotopic (exact) mass is 486 g/mol. The molecule has 2 aromatic rings. The second-order valence-corrected chi connectivity index (χ2v) is 9.45. The van der Waals surface area contributed by atoms with E-state index >= 15 is 0 Å². The van der Waals surface area contributed by atoms with E-state index in [1.807, 2.05) is 24.3 Å². The molecule has 2 heterocycles. The number of methoxy groups -OCH3 is 1. The van der Waals surface area contributed by atoms with Gasteiger partial charge in [0.1, 0.15) is 11.4 Å². The number of carbonyl (C=O) groups is 3. The standard InChI is InChI=1S/C24H34N6O5/c1-16-20(27-28-30(16)18-9-6-10-19(14-18)34-5)22(32)29-13-7-8-17(15-29)21(31)25-11-12-26-23(33)35-24(2,3)4/h6,9-10,14,17H,7-8,11-13,15H2,1-5H3,(H,25,31)(H,26,33). The fraction of sp³-hybridized carbons (Fsp3) is 0.542. The number of nitrogens with zero attached hydrogens (tertiary/aromatic N) is 4. The minimum atomic E-state index is -0.580. The molecular weight excluding hydrogens is 452 g/mol. The zero-order chi connectivity index (χ0) is 25.6. The maximum atomic E-state index is 13.2. The van der Waals surface area contributed by atoms with Crippen LogP contribution in [-0.2, 0) is 9.53 Å². The van der Waals surface area contributed by atoms with Gasteiger partial charge in [-0.15, -0.1) is 5.10 Å². The Hall–Kier alpha value is -3.63. The lowest BCUT2D eigenvalue weighted by Crippen LogP contribution is -2.47. The van der Waals surface area contributed by atoms with Crippen LogP contribution in [0, 0.1) is 12.8 Å². The van der Waals surface area contributed by atoms with Crippen LogP contribution in [0.5, 0.6) is 5.75 Å². The SMILES string of the molecule is COc1cccc(-n2nnc(C(=O)N3CCCC(C(=O)NCCNC(=O)OC(C)(C)C)C3)c2C)c1. The van der Waals surface area contributed by atoms with Gasteiger partial charge in [0, 0.05) is 32.2 Å². The summed E-state index contributed by atoms with van der Waals surface area (Å²) >= 11 is 0. The first-order chi connectivity index (χ1) is 16.6. The number of alkyl carbamates (subject to hydrolysis) is 1. The number of aromatic nitrogens is 3. The zero-order valence-corrected chi connectivity index (χ0v) is 21.0. The molecule has 1 saturated heterocycles. The van der Waals surface area contributed by atoms with E-state index < -0.39 is 11.7 Å². The topological polar surface area (TPSA) is 128 Å². The Morgan fingerprint density at radius 2 is 1.91 bits per heavy atom. The predicted octanol–water partition coefficient (Wildman–Crippen LogP) is 2.08. The molecular formula is C24H34N6O5. The van der Waals surface area contributed by atoms with Gasteiger partial charge in [-0.25, -0.2) is 9.48 Å². The first-order valence-corrected chi connectivity index (χ1v) is 11.7. The number of ether oxygens (including phenoxy) is 2. The minimum Gasteiger partial charge on any atom is -0.497 e. The van der Waals surface area contributed by atoms with Crippen molar-refractivity contribution in [2.24, 2.45) is 5.92 Å². The van der Waals surface area contributed by atoms with Gasteiger partial charge in [-0.2, -0.15) is 0 Å². The Morgan fingerprint density at radius 1 is 1.17 bits per heavy atom. The van der Waals surface area contributed by atoms with E-state index in [0.717, 1.165) is 5.69 Å². The largest absolute Gasteiger partial charge is 0.497 e. The Labute approximate surface area is 205 Å². The van der Waals surface area contributed by atoms with Crippen molar-refractivity contribution in [1.82, 2.24) is 30.5 Å². The third-order valence-corrected chi connectivity index (χ3v) is 5.57. The van der Waals surface area contributed by atoms with Gasteiger partial charge >= 0.3 is 6.09 Å². The van der Waals surface area contributed by atoms with Gasteiger partial charge in [-0.1, -0.05) is 11.3 Å². The lowest BCUT2D eigenvalue weighted by molar-refractivity contribution is -0.126. The molecule has 11 heteroatoms. The Kier molecular flexibility index (Phi) is 8.31. The van der Waals surface area contributed by atoms with Crippen molar-refractivity contribution in [3.8, 4) is 11.4 Å². The summed E-state index contributed by atoms with van der Waals surface area (Å²) < 4.78 is 12.0. The lowest BCUT2D eigenvalue weighted by Gasteiger charge is -2.31. The summed E-state index contributed by atoms with van der Waals surface area (Å²) in [6, 6.07) is 7.34. The number of carbonyl (C=O) groups excluding carboxylic acids is 3. The molecule has 3 amide bonds. The van der Waals surface area contributed by atoms with Crippen LogP contribution in [0.25, 0.3) is 5.69 Å². The van der Waals surface area contributed by atoms with E-state index in [-0.39, 0.29) is 36.5 Å². The molecule has 11 nitrogen and oxygen atoms in total. The van der Waals surface area contributed by atoms with Crippen LogP contribution in [0.1, 0.15) is 49.8 Å². The van der Waals surface area contributed by atoms with E-state index in [0.29, 0.717) is 37.4 Å². The summed E-state index contributed by atoms with van der Waals surface area (Å²) in [6.07, 6.45) is 0.867. The van der Waals surface area contributed by atoms with Gasteiger partial charge in [0.15, 0.2) is 5.69 Å². The average molecular weight is 487 g/mol. The second-order valence-electron chi connectivity index (χ2n) is 9.45. The van der Waals surface area contributed by atoms with Gasteiger partial charge in [0.2, 0.25) is 5.91 Å². The molecule has 2 N–H and O–H groups in total. The van der Waals surface area contributed by atoms with E-state index in [2.05, 4.69) is 20.9 Å². The molecule has 1 atom stereocenters. The number of likely N-dealkylation sites (tertiary alicyclic amines) is 1. The van der Waals surface area contributed by atoms with Crippen molar-refractivity contribution in [2.45, 2.75) is 46.1 Å². The molecule has 1 aromatic heterocycles. The molecule has 35 heavy (non-hydrogen) atoms. The highest BCUT2D eigenvalue weighted by Gasteiger charge is 2.31.